The lowest BCUT2D eigenvalue weighted by Crippen LogP contribution is -2.46. The molecule has 1 aliphatic heterocycles. The molecule has 0 radical (unpaired) electrons. The Labute approximate surface area is 165 Å². The number of anilines is 1. The van der Waals surface area contributed by atoms with Crippen LogP contribution in [-0.4, -0.2) is 55.6 Å². The van der Waals surface area contributed by atoms with Crippen LogP contribution in [0.4, 0.5) is 19.0 Å². The van der Waals surface area contributed by atoms with E-state index in [-0.39, 0.29) is 11.6 Å². The predicted octanol–water partition coefficient (Wildman–Crippen LogP) is 2.61. The van der Waals surface area contributed by atoms with E-state index in [1.807, 2.05) is 22.7 Å². The second-order valence-corrected chi connectivity index (χ2v) is 6.87. The summed E-state index contributed by atoms with van der Waals surface area (Å²) in [5, 5.41) is 0. The lowest BCUT2D eigenvalue weighted by Gasteiger charge is -2.35. The molecule has 7 nitrogen and oxygen atoms in total. The average Bonchev–Trinajstić information content (AvgIpc) is 3.13. The predicted molar refractivity (Wildman–Crippen MR) is 101 cm³/mol. The molecule has 0 amide bonds. The molecule has 3 aromatic rings. The first-order valence-electron chi connectivity index (χ1n) is 9.21. The Morgan fingerprint density at radius 2 is 1.79 bits per heavy atom. The molecule has 0 aliphatic carbocycles. The number of halogens is 3. The number of aromatic nitrogens is 5. The zero-order valence-electron chi connectivity index (χ0n) is 15.8. The summed E-state index contributed by atoms with van der Waals surface area (Å²) in [5.41, 5.74) is -0.646. The Morgan fingerprint density at radius 1 is 1.00 bits per heavy atom. The van der Waals surface area contributed by atoms with Gasteiger partial charge in [-0.05, 0) is 12.1 Å². The molecule has 0 saturated carbocycles. The Morgan fingerprint density at radius 3 is 2.41 bits per heavy atom. The molecule has 1 saturated heterocycles. The summed E-state index contributed by atoms with van der Waals surface area (Å²) >= 11 is 0. The van der Waals surface area contributed by atoms with Crippen molar-refractivity contribution < 1.29 is 13.2 Å². The summed E-state index contributed by atoms with van der Waals surface area (Å²) in [4.78, 5) is 20.6. The molecule has 0 N–H and O–H groups in total. The molecule has 0 unspecified atom stereocenters. The molecule has 1 aliphatic rings. The normalized spacial score (nSPS) is 15.7. The first kappa shape index (κ1) is 19.3. The summed E-state index contributed by atoms with van der Waals surface area (Å²) in [5.74, 6) is 1.20. The fourth-order valence-electron chi connectivity index (χ4n) is 3.24. The highest BCUT2D eigenvalue weighted by Gasteiger charge is 2.34. The number of rotatable bonds is 4. The van der Waals surface area contributed by atoms with Crippen molar-refractivity contribution in [1.29, 1.82) is 0 Å². The van der Waals surface area contributed by atoms with Gasteiger partial charge in [0.05, 0.1) is 6.54 Å². The fraction of sp³-hybridized carbons (Fsp3) is 0.368. The van der Waals surface area contributed by atoms with Crippen LogP contribution in [0.3, 0.4) is 0 Å². The van der Waals surface area contributed by atoms with Gasteiger partial charge in [-0.1, -0.05) is 6.07 Å². The second-order valence-electron chi connectivity index (χ2n) is 6.87. The average molecular weight is 403 g/mol. The van der Waals surface area contributed by atoms with E-state index in [9.17, 15) is 13.2 Å². The van der Waals surface area contributed by atoms with Gasteiger partial charge in [0.15, 0.2) is 11.5 Å². The van der Waals surface area contributed by atoms with Gasteiger partial charge in [0.2, 0.25) is 0 Å². The van der Waals surface area contributed by atoms with Gasteiger partial charge in [0, 0.05) is 57.9 Å². The number of piperazine rings is 1. The van der Waals surface area contributed by atoms with Crippen LogP contribution < -0.4 is 4.90 Å². The molecule has 4 rings (SSSR count). The SMILES string of the molecule is Cn1ccnc1CN1CCN(c2cc(C(F)(F)F)nc(-c3ccccn3)n2)CC1. The Kier molecular flexibility index (Phi) is 5.18. The van der Waals surface area contributed by atoms with E-state index in [2.05, 4.69) is 24.8 Å². The first-order chi connectivity index (χ1) is 13.9. The van der Waals surface area contributed by atoms with Crippen LogP contribution >= 0.6 is 0 Å². The topological polar surface area (TPSA) is 63.0 Å². The number of nitrogens with zero attached hydrogens (tertiary/aromatic N) is 7. The highest BCUT2D eigenvalue weighted by Crippen LogP contribution is 2.31. The maximum Gasteiger partial charge on any atom is 0.433 e. The number of aryl methyl sites for hydroxylation is 1. The van der Waals surface area contributed by atoms with Gasteiger partial charge in [-0.25, -0.2) is 15.0 Å². The van der Waals surface area contributed by atoms with E-state index >= 15 is 0 Å². The first-order valence-corrected chi connectivity index (χ1v) is 9.21. The van der Waals surface area contributed by atoms with Crippen molar-refractivity contribution >= 4 is 5.82 Å². The van der Waals surface area contributed by atoms with Crippen LogP contribution in [0.1, 0.15) is 11.5 Å². The summed E-state index contributed by atoms with van der Waals surface area (Å²) in [6.07, 6.45) is 0.602. The third-order valence-corrected chi connectivity index (χ3v) is 4.88. The minimum Gasteiger partial charge on any atom is -0.354 e. The quantitative estimate of drug-likeness (QED) is 0.667. The smallest absolute Gasteiger partial charge is 0.354 e. The van der Waals surface area contributed by atoms with Crippen molar-refractivity contribution in [2.75, 3.05) is 31.1 Å². The van der Waals surface area contributed by atoms with Gasteiger partial charge >= 0.3 is 6.18 Å². The molecular weight excluding hydrogens is 383 g/mol. The van der Waals surface area contributed by atoms with Gasteiger partial charge in [-0.15, -0.1) is 0 Å². The molecule has 4 heterocycles. The number of hydrogen-bond donors (Lipinski definition) is 0. The van der Waals surface area contributed by atoms with Crippen molar-refractivity contribution in [3.63, 3.8) is 0 Å². The van der Waals surface area contributed by atoms with Crippen LogP contribution in [0.25, 0.3) is 11.5 Å². The summed E-state index contributed by atoms with van der Waals surface area (Å²) in [6, 6.07) is 6.01. The number of imidazole rings is 1. The molecule has 152 valence electrons. The van der Waals surface area contributed by atoms with Crippen molar-refractivity contribution in [2.24, 2.45) is 7.05 Å². The van der Waals surface area contributed by atoms with Crippen LogP contribution in [0, 0.1) is 0 Å². The molecule has 3 aromatic heterocycles. The monoisotopic (exact) mass is 403 g/mol. The summed E-state index contributed by atoms with van der Waals surface area (Å²) < 4.78 is 42.2. The number of pyridine rings is 1. The van der Waals surface area contributed by atoms with Crippen LogP contribution in [0.15, 0.2) is 42.9 Å². The van der Waals surface area contributed by atoms with Gasteiger partial charge in [-0.3, -0.25) is 9.88 Å². The van der Waals surface area contributed by atoms with Crippen molar-refractivity contribution in [3.05, 3.63) is 54.4 Å². The van der Waals surface area contributed by atoms with E-state index in [4.69, 9.17) is 0 Å². The maximum absolute atomic E-state index is 13.4. The molecule has 1 fully saturated rings. The van der Waals surface area contributed by atoms with Crippen molar-refractivity contribution in [2.45, 2.75) is 12.7 Å². The molecule has 0 bridgehead atoms. The molecule has 0 aromatic carbocycles. The Hall–Kier alpha value is -3.01. The third-order valence-electron chi connectivity index (χ3n) is 4.88. The zero-order valence-corrected chi connectivity index (χ0v) is 15.8. The molecule has 0 atom stereocenters. The fourth-order valence-corrected chi connectivity index (χ4v) is 3.24. The van der Waals surface area contributed by atoms with Gasteiger partial charge in [0.25, 0.3) is 0 Å². The standard InChI is InChI=1S/C19H20F3N7/c1-27-7-6-24-17(27)13-28-8-10-29(11-9-28)16-12-15(19(20,21)22)25-18(26-16)14-4-2-3-5-23-14/h2-7,12H,8-11,13H2,1H3. The van der Waals surface area contributed by atoms with E-state index in [1.165, 1.54) is 6.20 Å². The summed E-state index contributed by atoms with van der Waals surface area (Å²) in [6.45, 7) is 3.25. The van der Waals surface area contributed by atoms with Gasteiger partial charge in [0.1, 0.15) is 17.3 Å². The van der Waals surface area contributed by atoms with Crippen LogP contribution in [0.5, 0.6) is 0 Å². The van der Waals surface area contributed by atoms with Crippen LogP contribution in [0.2, 0.25) is 0 Å². The van der Waals surface area contributed by atoms with Crippen molar-refractivity contribution in [3.8, 4) is 11.5 Å². The van der Waals surface area contributed by atoms with E-state index in [0.29, 0.717) is 38.4 Å². The highest BCUT2D eigenvalue weighted by molar-refractivity contribution is 5.54. The lowest BCUT2D eigenvalue weighted by molar-refractivity contribution is -0.141. The number of alkyl halides is 3. The minimum atomic E-state index is -4.55. The van der Waals surface area contributed by atoms with E-state index < -0.39 is 11.9 Å². The van der Waals surface area contributed by atoms with Gasteiger partial charge < -0.3 is 9.47 Å². The second kappa shape index (κ2) is 7.78. The van der Waals surface area contributed by atoms with E-state index in [1.54, 1.807) is 24.4 Å². The molecule has 10 heteroatoms. The number of hydrogen-bond acceptors (Lipinski definition) is 6. The van der Waals surface area contributed by atoms with E-state index in [0.717, 1.165) is 11.9 Å². The lowest BCUT2D eigenvalue weighted by atomic mass is 10.2. The third kappa shape index (κ3) is 4.37. The molecule has 29 heavy (non-hydrogen) atoms. The van der Waals surface area contributed by atoms with Gasteiger partial charge in [-0.2, -0.15) is 13.2 Å². The van der Waals surface area contributed by atoms with Crippen LogP contribution in [-0.2, 0) is 19.8 Å². The Bertz CT molecular complexity index is 963. The largest absolute Gasteiger partial charge is 0.433 e. The zero-order chi connectivity index (χ0) is 20.4. The maximum atomic E-state index is 13.4. The highest BCUT2D eigenvalue weighted by atomic mass is 19.4. The Balaban J connectivity index is 1.54. The molecule has 0 spiro atoms. The summed E-state index contributed by atoms with van der Waals surface area (Å²) in [7, 11) is 1.94. The minimum absolute atomic E-state index is 0.0223. The molecular formula is C19H20F3N7. The van der Waals surface area contributed by atoms with Crippen molar-refractivity contribution in [1.82, 2.24) is 29.4 Å².